The Kier molecular flexibility index (Phi) is 21.0. The van der Waals surface area contributed by atoms with E-state index >= 15 is 0 Å². The minimum absolute atomic E-state index is 1.32. The van der Waals surface area contributed by atoms with Gasteiger partial charge in [0.25, 0.3) is 0 Å². The SMILES string of the molecule is Cc1c2ccccc2c(C)c2ccccc12.Cc1cc2ccccc2cc1C.Cc1ccc2c(C)c3ccccc3cc2c1.Cc1ccc2cc(C)ccc2c1.Cc1ccc2cc3ccc(C)cc3cc2c1.Cc1ccc2ccc(C)cc2c1.Cc1cccc2cccc(C)c12. The van der Waals surface area contributed by atoms with Crippen LogP contribution in [-0.2, 0) is 0 Å². The molecular weight excluding hydrogens is 1150 g/mol. The molecule has 0 radical (unpaired) electrons. The summed E-state index contributed by atoms with van der Waals surface area (Å²) in [6.45, 7) is 30.2. The molecule has 0 N–H and O–H groups in total. The van der Waals surface area contributed by atoms with Crippen LogP contribution in [0.25, 0.3) is 108 Å². The van der Waals surface area contributed by atoms with E-state index in [-0.39, 0.29) is 0 Å². The molecule has 0 saturated carbocycles. The highest BCUT2D eigenvalue weighted by Gasteiger charge is 2.08. The fourth-order valence-electron chi connectivity index (χ4n) is 13.4. The first kappa shape index (κ1) is 66.8. The summed E-state index contributed by atoms with van der Waals surface area (Å²) in [5.74, 6) is 0. The molecule has 96 heavy (non-hydrogen) atoms. The zero-order valence-electron chi connectivity index (χ0n) is 58.7. The highest BCUT2D eigenvalue weighted by Crippen LogP contribution is 2.33. The Morgan fingerprint density at radius 3 is 0.781 bits per heavy atom. The molecule has 0 saturated heterocycles. The van der Waals surface area contributed by atoms with E-state index in [9.17, 15) is 0 Å². The molecule has 0 unspecified atom stereocenters. The zero-order valence-corrected chi connectivity index (χ0v) is 58.7. The van der Waals surface area contributed by atoms with Crippen LogP contribution in [0.2, 0.25) is 0 Å². The molecule has 0 heterocycles. The lowest BCUT2D eigenvalue weighted by molar-refractivity contribution is 1.37. The topological polar surface area (TPSA) is 0 Å². The minimum atomic E-state index is 1.32. The molecule has 17 aromatic carbocycles. The van der Waals surface area contributed by atoms with Gasteiger partial charge in [-0.1, -0.05) is 312 Å². The Labute approximate surface area is 570 Å². The van der Waals surface area contributed by atoms with E-state index < -0.39 is 0 Å². The summed E-state index contributed by atoms with van der Waals surface area (Å²) in [4.78, 5) is 0. The molecule has 0 heteroatoms. The molecule has 17 rings (SSSR count). The van der Waals surface area contributed by atoms with Crippen LogP contribution in [-0.4, -0.2) is 0 Å². The second-order valence-electron chi connectivity index (χ2n) is 26.6. The summed E-state index contributed by atoms with van der Waals surface area (Å²) < 4.78 is 0. The molecule has 0 aromatic heterocycles. The molecule has 0 aliphatic heterocycles. The molecule has 0 aliphatic rings. The van der Waals surface area contributed by atoms with Crippen molar-refractivity contribution in [3.63, 3.8) is 0 Å². The maximum atomic E-state index is 2.28. The van der Waals surface area contributed by atoms with Crippen LogP contribution in [0, 0.1) is 96.9 Å². The van der Waals surface area contributed by atoms with Crippen molar-refractivity contribution in [3.8, 4) is 0 Å². The van der Waals surface area contributed by atoms with Gasteiger partial charge in [0.1, 0.15) is 0 Å². The Morgan fingerprint density at radius 2 is 0.385 bits per heavy atom. The molecule has 0 atom stereocenters. The summed E-state index contributed by atoms with van der Waals surface area (Å²) >= 11 is 0. The lowest BCUT2D eigenvalue weighted by atomic mass is 9.93. The van der Waals surface area contributed by atoms with Crippen molar-refractivity contribution >= 4 is 108 Å². The van der Waals surface area contributed by atoms with Crippen molar-refractivity contribution in [2.24, 2.45) is 0 Å². The summed E-state index contributed by atoms with van der Waals surface area (Å²) in [6.07, 6.45) is 0. The normalized spacial score (nSPS) is 10.8. The van der Waals surface area contributed by atoms with E-state index in [2.05, 4.69) is 388 Å². The van der Waals surface area contributed by atoms with Crippen LogP contribution >= 0.6 is 0 Å². The van der Waals surface area contributed by atoms with Crippen molar-refractivity contribution in [3.05, 3.63) is 369 Å². The third-order valence-corrected chi connectivity index (χ3v) is 18.8. The van der Waals surface area contributed by atoms with Gasteiger partial charge in [-0.15, -0.1) is 0 Å². The summed E-state index contributed by atoms with van der Waals surface area (Å²) in [5.41, 5.74) is 18.9. The maximum absolute atomic E-state index is 2.28. The Hall–Kier alpha value is -10.7. The van der Waals surface area contributed by atoms with Crippen molar-refractivity contribution < 1.29 is 0 Å². The highest BCUT2D eigenvalue weighted by molar-refractivity contribution is 6.06. The quantitative estimate of drug-likeness (QED) is 0.133. The maximum Gasteiger partial charge on any atom is -0.0125 e. The second kappa shape index (κ2) is 30.2. The Morgan fingerprint density at radius 1 is 0.135 bits per heavy atom. The largest absolute Gasteiger partial charge is 0.0616 e. The first-order chi connectivity index (χ1) is 46.3. The Bertz CT molecular complexity index is 5310. The fraction of sp³-hybridized carbons (Fsp3) is 0.146. The van der Waals surface area contributed by atoms with Gasteiger partial charge in [0, 0.05) is 0 Å². The molecule has 474 valence electrons. The van der Waals surface area contributed by atoms with E-state index in [1.54, 1.807) is 0 Å². The smallest absolute Gasteiger partial charge is 0.0125 e. The molecule has 17 aromatic rings. The van der Waals surface area contributed by atoms with Gasteiger partial charge in [-0.2, -0.15) is 0 Å². The summed E-state index contributed by atoms with van der Waals surface area (Å²) in [7, 11) is 0. The van der Waals surface area contributed by atoms with Crippen molar-refractivity contribution in [1.82, 2.24) is 0 Å². The third-order valence-electron chi connectivity index (χ3n) is 18.8. The third kappa shape index (κ3) is 15.9. The lowest BCUT2D eigenvalue weighted by Crippen LogP contribution is -1.87. The predicted octanol–water partition coefficient (Wildman–Crippen LogP) is 27.7. The molecule has 0 aliphatic carbocycles. The van der Waals surface area contributed by atoms with Crippen LogP contribution in [0.5, 0.6) is 0 Å². The van der Waals surface area contributed by atoms with Gasteiger partial charge in [0.2, 0.25) is 0 Å². The van der Waals surface area contributed by atoms with Gasteiger partial charge in [-0.05, 0) is 262 Å². The van der Waals surface area contributed by atoms with Crippen LogP contribution in [0.4, 0.5) is 0 Å². The van der Waals surface area contributed by atoms with E-state index in [4.69, 9.17) is 0 Å². The molecular formula is C96H90. The number of hydrogen-bond acceptors (Lipinski definition) is 0. The van der Waals surface area contributed by atoms with E-state index in [1.165, 1.54) is 186 Å². The number of rotatable bonds is 0. The first-order valence-corrected chi connectivity index (χ1v) is 33.9. The summed E-state index contributed by atoms with van der Waals surface area (Å²) in [5, 5.41) is 26.9. The van der Waals surface area contributed by atoms with Crippen LogP contribution in [0.1, 0.15) is 77.9 Å². The number of aryl methyl sites for hydroxylation is 14. The standard InChI is InChI=1S/3C16H14.4C12H12/c1-11-3-5-13-9-14-6-4-12(2)8-16(14)10-15(13)7-11;1-11-13-7-3-5-9-15(13)12(2)16-10-6-4-8-14(11)16;1-11-7-8-16-12(2)15-6-4-3-5-13(15)10-14(16)9-11;1-9-3-5-12-8-10(2)4-6-11(12)7-9;1-9-3-5-11-6-4-10(2)8-12(11)7-9;1-9-5-3-7-11-8-4-6-10(2)12(9)11;1-9-7-11-5-3-4-6-12(11)8-10(9)2/h3*3-10H,1-2H3;4*3-8H,1-2H3. The highest BCUT2D eigenvalue weighted by atomic mass is 14.1. The number of hydrogen-bond donors (Lipinski definition) is 0. The van der Waals surface area contributed by atoms with Crippen molar-refractivity contribution in [1.29, 1.82) is 0 Å². The van der Waals surface area contributed by atoms with Gasteiger partial charge < -0.3 is 0 Å². The lowest BCUT2D eigenvalue weighted by Gasteiger charge is -2.11. The van der Waals surface area contributed by atoms with E-state index in [0.717, 1.165) is 0 Å². The van der Waals surface area contributed by atoms with Gasteiger partial charge >= 0.3 is 0 Å². The van der Waals surface area contributed by atoms with E-state index in [0.29, 0.717) is 0 Å². The second-order valence-corrected chi connectivity index (χ2v) is 26.6. The average molecular weight is 1240 g/mol. The van der Waals surface area contributed by atoms with Gasteiger partial charge in [-0.25, -0.2) is 0 Å². The van der Waals surface area contributed by atoms with Gasteiger partial charge in [-0.3, -0.25) is 0 Å². The predicted molar refractivity (Wildman–Crippen MR) is 426 cm³/mol. The first-order valence-electron chi connectivity index (χ1n) is 33.9. The minimum Gasteiger partial charge on any atom is -0.0616 e. The number of benzene rings is 17. The summed E-state index contributed by atoms with van der Waals surface area (Å²) in [6, 6.07) is 105. The van der Waals surface area contributed by atoms with E-state index in [1.807, 2.05) is 0 Å². The molecule has 0 bridgehead atoms. The number of fused-ring (bicyclic) bond motifs is 10. The molecule has 0 fully saturated rings. The van der Waals surface area contributed by atoms with Crippen molar-refractivity contribution in [2.75, 3.05) is 0 Å². The monoisotopic (exact) mass is 1240 g/mol. The van der Waals surface area contributed by atoms with Gasteiger partial charge in [0.05, 0.1) is 0 Å². The average Bonchev–Trinajstić information content (AvgIpc) is 0.775. The molecule has 0 spiro atoms. The van der Waals surface area contributed by atoms with Crippen molar-refractivity contribution in [2.45, 2.75) is 96.9 Å². The molecule has 0 nitrogen and oxygen atoms in total. The molecule has 0 amide bonds. The van der Waals surface area contributed by atoms with Crippen LogP contribution in [0.15, 0.2) is 291 Å². The van der Waals surface area contributed by atoms with Gasteiger partial charge in [0.15, 0.2) is 0 Å². The van der Waals surface area contributed by atoms with Crippen LogP contribution in [0.3, 0.4) is 0 Å². The van der Waals surface area contributed by atoms with Crippen LogP contribution < -0.4 is 0 Å². The Balaban J connectivity index is 0.000000114. The zero-order chi connectivity index (χ0) is 67.6. The fourth-order valence-corrected chi connectivity index (χ4v) is 13.4.